The number of hydrogen-bond acceptors (Lipinski definition) is 5. The first-order chi connectivity index (χ1) is 15.0. The average Bonchev–Trinajstić information content (AvgIpc) is 3.34. The van der Waals surface area contributed by atoms with Crippen molar-refractivity contribution in [1.29, 1.82) is 0 Å². The highest BCUT2D eigenvalue weighted by Gasteiger charge is 2.36. The van der Waals surface area contributed by atoms with E-state index in [2.05, 4.69) is 4.99 Å². The first kappa shape index (κ1) is 21.1. The minimum absolute atomic E-state index is 0.242. The van der Waals surface area contributed by atoms with Gasteiger partial charge >= 0.3 is 6.09 Å². The first-order valence-corrected chi connectivity index (χ1v) is 11.1. The van der Waals surface area contributed by atoms with Crippen LogP contribution in [0.15, 0.2) is 77.1 Å². The molecule has 0 unspecified atom stereocenters. The Hall–Kier alpha value is -3.16. The van der Waals surface area contributed by atoms with Gasteiger partial charge in [0.2, 0.25) is 0 Å². The summed E-state index contributed by atoms with van der Waals surface area (Å²) in [6.45, 7) is 1.09. The molecule has 0 saturated carbocycles. The third-order valence-corrected chi connectivity index (χ3v) is 6.35. The van der Waals surface area contributed by atoms with Crippen LogP contribution in [0, 0.1) is 0 Å². The van der Waals surface area contributed by atoms with E-state index in [0.29, 0.717) is 37.5 Å². The van der Waals surface area contributed by atoms with Gasteiger partial charge < -0.3 is 20.5 Å². The van der Waals surface area contributed by atoms with Gasteiger partial charge in [0.1, 0.15) is 12.4 Å². The van der Waals surface area contributed by atoms with E-state index in [1.54, 1.807) is 4.90 Å². The molecule has 31 heavy (non-hydrogen) atoms. The predicted molar refractivity (Wildman–Crippen MR) is 122 cm³/mol. The van der Waals surface area contributed by atoms with Gasteiger partial charge in [0, 0.05) is 13.1 Å². The second-order valence-corrected chi connectivity index (χ2v) is 8.53. The smallest absolute Gasteiger partial charge is 0.410 e. The highest BCUT2D eigenvalue weighted by atomic mass is 32.1. The summed E-state index contributed by atoms with van der Waals surface area (Å²) in [6, 6.07) is 20.9. The monoisotopic (exact) mass is 435 g/mol. The van der Waals surface area contributed by atoms with Crippen molar-refractivity contribution in [3.05, 3.63) is 88.1 Å². The van der Waals surface area contributed by atoms with Crippen LogP contribution in [0.4, 0.5) is 10.5 Å². The van der Waals surface area contributed by atoms with Crippen LogP contribution in [0.25, 0.3) is 0 Å². The number of amidine groups is 1. The molecule has 1 fully saturated rings. The average molecular weight is 436 g/mol. The summed E-state index contributed by atoms with van der Waals surface area (Å²) in [7, 11) is 0. The molecular formula is C24H25N3O3S. The topological polar surface area (TPSA) is 88.2 Å². The number of piperidine rings is 1. The third kappa shape index (κ3) is 5.13. The zero-order valence-corrected chi connectivity index (χ0v) is 17.9. The van der Waals surface area contributed by atoms with E-state index in [0.717, 1.165) is 16.0 Å². The lowest BCUT2D eigenvalue weighted by atomic mass is 9.84. The van der Waals surface area contributed by atoms with Crippen molar-refractivity contribution in [3.63, 3.8) is 0 Å². The van der Waals surface area contributed by atoms with Crippen molar-refractivity contribution in [2.45, 2.75) is 25.0 Å². The van der Waals surface area contributed by atoms with Gasteiger partial charge in [-0.05, 0) is 47.5 Å². The van der Waals surface area contributed by atoms with E-state index < -0.39 is 5.60 Å². The number of aliphatic hydroxyl groups is 1. The number of aliphatic imine (C=N–C) groups is 1. The number of benzene rings is 2. The zero-order valence-electron chi connectivity index (χ0n) is 17.1. The second-order valence-electron chi connectivity index (χ2n) is 7.58. The van der Waals surface area contributed by atoms with Crippen LogP contribution in [0.5, 0.6) is 0 Å². The van der Waals surface area contributed by atoms with Gasteiger partial charge in [-0.25, -0.2) is 9.79 Å². The summed E-state index contributed by atoms with van der Waals surface area (Å²) in [5.74, 6) is 0.454. The first-order valence-electron chi connectivity index (χ1n) is 10.2. The predicted octanol–water partition coefficient (Wildman–Crippen LogP) is 4.41. The molecule has 0 bridgehead atoms. The highest BCUT2D eigenvalue weighted by Crippen LogP contribution is 2.34. The van der Waals surface area contributed by atoms with Crippen molar-refractivity contribution < 1.29 is 14.6 Å². The Labute approximate surface area is 185 Å². The van der Waals surface area contributed by atoms with Crippen molar-refractivity contribution in [2.24, 2.45) is 10.7 Å². The lowest BCUT2D eigenvalue weighted by Gasteiger charge is -2.38. The number of ether oxygens (including phenoxy) is 1. The standard InChI is InChI=1S/C24H25N3O3S/c25-22(21-10-5-15-31-21)26-20-9-4-8-19(16-20)24(29)11-13-27(14-12-24)23(28)30-17-18-6-2-1-3-7-18/h1-10,15-16,29H,11-14,17H2,(H2,25,26). The molecule has 1 saturated heterocycles. The maximum absolute atomic E-state index is 12.4. The van der Waals surface area contributed by atoms with Crippen LogP contribution in [0.1, 0.15) is 28.8 Å². The lowest BCUT2D eigenvalue weighted by Crippen LogP contribution is -2.45. The summed E-state index contributed by atoms with van der Waals surface area (Å²) in [6.07, 6.45) is 0.509. The number of nitrogens with two attached hydrogens (primary N) is 1. The molecule has 7 heteroatoms. The molecular weight excluding hydrogens is 410 g/mol. The van der Waals surface area contributed by atoms with E-state index in [1.807, 2.05) is 72.1 Å². The van der Waals surface area contributed by atoms with Crippen molar-refractivity contribution in [2.75, 3.05) is 13.1 Å². The number of amides is 1. The molecule has 160 valence electrons. The molecule has 3 N–H and O–H groups in total. The molecule has 1 amide bonds. The Bertz CT molecular complexity index is 1040. The Balaban J connectivity index is 1.38. The van der Waals surface area contributed by atoms with Gasteiger partial charge in [-0.15, -0.1) is 11.3 Å². The van der Waals surface area contributed by atoms with E-state index in [-0.39, 0.29) is 12.7 Å². The van der Waals surface area contributed by atoms with Gasteiger partial charge in [0.25, 0.3) is 0 Å². The summed E-state index contributed by atoms with van der Waals surface area (Å²) in [5, 5.41) is 13.2. The fourth-order valence-corrected chi connectivity index (χ4v) is 4.27. The van der Waals surface area contributed by atoms with Crippen LogP contribution in [0.2, 0.25) is 0 Å². The molecule has 4 rings (SSSR count). The highest BCUT2D eigenvalue weighted by molar-refractivity contribution is 7.12. The molecule has 2 aromatic carbocycles. The molecule has 0 aliphatic carbocycles. The van der Waals surface area contributed by atoms with Gasteiger partial charge in [-0.1, -0.05) is 48.5 Å². The van der Waals surface area contributed by atoms with E-state index >= 15 is 0 Å². The zero-order chi connectivity index (χ0) is 21.7. The molecule has 2 heterocycles. The van der Waals surface area contributed by atoms with Gasteiger partial charge in [0.05, 0.1) is 16.2 Å². The molecule has 3 aromatic rings. The Morgan fingerprint density at radius 1 is 1.10 bits per heavy atom. The van der Waals surface area contributed by atoms with E-state index in [1.165, 1.54) is 11.3 Å². The minimum Gasteiger partial charge on any atom is -0.445 e. The van der Waals surface area contributed by atoms with E-state index in [9.17, 15) is 9.90 Å². The fourth-order valence-electron chi connectivity index (χ4n) is 3.64. The molecule has 1 aliphatic heterocycles. The number of nitrogens with zero attached hydrogens (tertiary/aromatic N) is 2. The number of likely N-dealkylation sites (tertiary alicyclic amines) is 1. The molecule has 0 radical (unpaired) electrons. The third-order valence-electron chi connectivity index (χ3n) is 5.46. The normalized spacial score (nSPS) is 16.2. The number of thiophene rings is 1. The van der Waals surface area contributed by atoms with Crippen LogP contribution < -0.4 is 5.73 Å². The largest absolute Gasteiger partial charge is 0.445 e. The Kier molecular flexibility index (Phi) is 6.34. The molecule has 0 atom stereocenters. The van der Waals surface area contributed by atoms with Gasteiger partial charge in [-0.3, -0.25) is 0 Å². The SMILES string of the molecule is NC(=Nc1cccc(C2(O)CCN(C(=O)OCc3ccccc3)CC2)c1)c1cccs1. The van der Waals surface area contributed by atoms with Crippen molar-refractivity contribution in [1.82, 2.24) is 4.90 Å². The maximum atomic E-state index is 12.4. The van der Waals surface area contributed by atoms with Crippen LogP contribution in [-0.2, 0) is 16.9 Å². The summed E-state index contributed by atoms with van der Waals surface area (Å²) in [4.78, 5) is 19.4. The summed E-state index contributed by atoms with van der Waals surface area (Å²) < 4.78 is 5.41. The molecule has 1 aliphatic rings. The maximum Gasteiger partial charge on any atom is 0.410 e. The van der Waals surface area contributed by atoms with E-state index in [4.69, 9.17) is 10.5 Å². The fraction of sp³-hybridized carbons (Fsp3) is 0.250. The van der Waals surface area contributed by atoms with Crippen LogP contribution >= 0.6 is 11.3 Å². The second kappa shape index (κ2) is 9.32. The number of hydrogen-bond donors (Lipinski definition) is 2. The van der Waals surface area contributed by atoms with Gasteiger partial charge in [-0.2, -0.15) is 0 Å². The Morgan fingerprint density at radius 2 is 1.87 bits per heavy atom. The van der Waals surface area contributed by atoms with Crippen LogP contribution in [0.3, 0.4) is 0 Å². The quantitative estimate of drug-likeness (QED) is 0.459. The Morgan fingerprint density at radius 3 is 2.58 bits per heavy atom. The summed E-state index contributed by atoms with van der Waals surface area (Å²) in [5.41, 5.74) is 7.51. The van der Waals surface area contributed by atoms with Crippen molar-refractivity contribution in [3.8, 4) is 0 Å². The molecule has 6 nitrogen and oxygen atoms in total. The van der Waals surface area contributed by atoms with Crippen LogP contribution in [-0.4, -0.2) is 35.0 Å². The van der Waals surface area contributed by atoms with Crippen molar-refractivity contribution >= 4 is 29.0 Å². The van der Waals surface area contributed by atoms with Gasteiger partial charge in [0.15, 0.2) is 0 Å². The number of carbonyl (C=O) groups excluding carboxylic acids is 1. The molecule has 1 aromatic heterocycles. The number of carbonyl (C=O) groups is 1. The molecule has 0 spiro atoms. The minimum atomic E-state index is -1.01. The lowest BCUT2D eigenvalue weighted by molar-refractivity contribution is -0.0254. The number of rotatable bonds is 5. The summed E-state index contributed by atoms with van der Waals surface area (Å²) >= 11 is 1.53.